The number of rotatable bonds is 7. The van der Waals surface area contributed by atoms with E-state index in [1.54, 1.807) is 0 Å². The Hall–Kier alpha value is -3.28. The normalized spacial score (nSPS) is 10.7. The summed E-state index contributed by atoms with van der Waals surface area (Å²) in [6.45, 7) is -0.703. The summed E-state index contributed by atoms with van der Waals surface area (Å²) in [5.41, 5.74) is 17.1. The van der Waals surface area contributed by atoms with Crippen molar-refractivity contribution in [3.05, 3.63) is 6.33 Å². The highest BCUT2D eigenvalue weighted by atomic mass is 16.4. The Morgan fingerprint density at radius 3 is 2.58 bits per heavy atom. The van der Waals surface area contributed by atoms with Crippen LogP contribution in [0.15, 0.2) is 6.33 Å². The van der Waals surface area contributed by atoms with Gasteiger partial charge in [0.05, 0.1) is 12.9 Å². The molecule has 2 heterocycles. The zero-order valence-electron chi connectivity index (χ0n) is 12.5. The number of amides is 1. The molecule has 0 aliphatic heterocycles. The standard InChI is InChI=1S/C12H16N8O4/c13-1-2-19(3-6(21)11(23)24)7(22)4-20-5-16-8-9(14)17-12(15)18-10(8)20/h5H,1-4,13H2,(H,23,24)(H4,14,15,17,18). The molecule has 12 heteroatoms. The molecular formula is C12H16N8O4. The third kappa shape index (κ3) is 3.55. The molecule has 2 aromatic heterocycles. The third-order valence-corrected chi connectivity index (χ3v) is 3.14. The summed E-state index contributed by atoms with van der Waals surface area (Å²) in [4.78, 5) is 47.1. The molecule has 0 aromatic carbocycles. The molecule has 0 bridgehead atoms. The van der Waals surface area contributed by atoms with Gasteiger partial charge in [-0.05, 0) is 0 Å². The number of nitrogens with two attached hydrogens (primary N) is 3. The molecular weight excluding hydrogens is 320 g/mol. The Labute approximate surface area is 135 Å². The number of hydrogen-bond donors (Lipinski definition) is 4. The fraction of sp³-hybridized carbons (Fsp3) is 0.333. The predicted molar refractivity (Wildman–Crippen MR) is 82.4 cm³/mol. The van der Waals surface area contributed by atoms with Gasteiger partial charge in [-0.1, -0.05) is 0 Å². The first kappa shape index (κ1) is 17.1. The molecule has 0 unspecified atom stereocenters. The minimum atomic E-state index is -1.62. The number of hydrogen-bond acceptors (Lipinski definition) is 9. The van der Waals surface area contributed by atoms with Crippen LogP contribution in [-0.2, 0) is 20.9 Å². The number of aliphatic carboxylic acids is 1. The van der Waals surface area contributed by atoms with Gasteiger partial charge in [0.15, 0.2) is 11.5 Å². The monoisotopic (exact) mass is 336 g/mol. The second-order valence-electron chi connectivity index (χ2n) is 4.84. The van der Waals surface area contributed by atoms with E-state index < -0.39 is 24.2 Å². The molecule has 0 saturated heterocycles. The minimum Gasteiger partial charge on any atom is -0.475 e. The molecule has 2 rings (SSSR count). The van der Waals surface area contributed by atoms with Crippen LogP contribution in [0.1, 0.15) is 0 Å². The van der Waals surface area contributed by atoms with Crippen molar-refractivity contribution >= 4 is 40.6 Å². The molecule has 12 nitrogen and oxygen atoms in total. The first-order chi connectivity index (χ1) is 11.3. The number of anilines is 2. The number of fused-ring (bicyclic) bond motifs is 1. The van der Waals surface area contributed by atoms with Gasteiger partial charge < -0.3 is 31.8 Å². The minimum absolute atomic E-state index is 0.0315. The van der Waals surface area contributed by atoms with E-state index in [1.165, 1.54) is 10.9 Å². The van der Waals surface area contributed by atoms with Crippen LogP contribution < -0.4 is 17.2 Å². The van der Waals surface area contributed by atoms with Crippen molar-refractivity contribution in [2.24, 2.45) is 5.73 Å². The molecule has 24 heavy (non-hydrogen) atoms. The van der Waals surface area contributed by atoms with E-state index >= 15 is 0 Å². The van der Waals surface area contributed by atoms with Crippen LogP contribution in [0.5, 0.6) is 0 Å². The molecule has 2 aromatic rings. The van der Waals surface area contributed by atoms with Crippen LogP contribution in [0, 0.1) is 0 Å². The predicted octanol–water partition coefficient (Wildman–Crippen LogP) is -2.57. The third-order valence-electron chi connectivity index (χ3n) is 3.14. The Balaban J connectivity index is 2.23. The van der Waals surface area contributed by atoms with Crippen molar-refractivity contribution < 1.29 is 19.5 Å². The van der Waals surface area contributed by atoms with Crippen molar-refractivity contribution in [3.63, 3.8) is 0 Å². The molecule has 0 atom stereocenters. The van der Waals surface area contributed by atoms with Gasteiger partial charge in [0.1, 0.15) is 12.1 Å². The van der Waals surface area contributed by atoms with Crippen LogP contribution in [0.3, 0.4) is 0 Å². The maximum Gasteiger partial charge on any atom is 0.374 e. The van der Waals surface area contributed by atoms with Crippen molar-refractivity contribution in [3.8, 4) is 0 Å². The van der Waals surface area contributed by atoms with E-state index in [0.717, 1.165) is 4.90 Å². The van der Waals surface area contributed by atoms with Crippen LogP contribution in [0.2, 0.25) is 0 Å². The second-order valence-corrected chi connectivity index (χ2v) is 4.84. The van der Waals surface area contributed by atoms with Crippen LogP contribution >= 0.6 is 0 Å². The Bertz CT molecular complexity index is 802. The maximum atomic E-state index is 12.3. The number of ketones is 1. The van der Waals surface area contributed by atoms with Crippen molar-refractivity contribution in [1.82, 2.24) is 24.4 Å². The van der Waals surface area contributed by atoms with Gasteiger partial charge in [0.2, 0.25) is 11.9 Å². The van der Waals surface area contributed by atoms with E-state index in [4.69, 9.17) is 22.3 Å². The van der Waals surface area contributed by atoms with Crippen LogP contribution in [-0.4, -0.2) is 66.8 Å². The zero-order valence-corrected chi connectivity index (χ0v) is 12.5. The molecule has 0 fully saturated rings. The van der Waals surface area contributed by atoms with Gasteiger partial charge in [-0.25, -0.2) is 9.78 Å². The Morgan fingerprint density at radius 2 is 1.96 bits per heavy atom. The smallest absolute Gasteiger partial charge is 0.374 e. The second kappa shape index (κ2) is 6.87. The summed E-state index contributed by atoms with van der Waals surface area (Å²) in [5, 5.41) is 8.66. The molecule has 0 saturated carbocycles. The quantitative estimate of drug-likeness (QED) is 0.390. The van der Waals surface area contributed by atoms with Crippen molar-refractivity contribution in [1.29, 1.82) is 0 Å². The highest BCUT2D eigenvalue weighted by Gasteiger charge is 2.22. The van der Waals surface area contributed by atoms with Crippen molar-refractivity contribution in [2.45, 2.75) is 6.54 Å². The van der Waals surface area contributed by atoms with E-state index in [2.05, 4.69) is 15.0 Å². The van der Waals surface area contributed by atoms with Crippen LogP contribution in [0.4, 0.5) is 11.8 Å². The number of carbonyl (C=O) groups excluding carboxylic acids is 2. The molecule has 0 aliphatic rings. The lowest BCUT2D eigenvalue weighted by Gasteiger charge is -2.20. The highest BCUT2D eigenvalue weighted by molar-refractivity contribution is 6.33. The summed E-state index contributed by atoms with van der Waals surface area (Å²) in [7, 11) is 0. The fourth-order valence-electron chi connectivity index (χ4n) is 2.03. The molecule has 1 amide bonds. The molecule has 0 spiro atoms. The average Bonchev–Trinajstić information content (AvgIpc) is 2.89. The molecule has 0 aliphatic carbocycles. The first-order valence-corrected chi connectivity index (χ1v) is 6.81. The Kier molecular flexibility index (Phi) is 4.89. The lowest BCUT2D eigenvalue weighted by molar-refractivity contribution is -0.150. The molecule has 128 valence electrons. The zero-order chi connectivity index (χ0) is 17.9. The van der Waals surface area contributed by atoms with Gasteiger partial charge in [0.25, 0.3) is 5.78 Å². The number of carboxylic acid groups (broad SMARTS) is 1. The number of nitrogen functional groups attached to an aromatic ring is 2. The van der Waals surface area contributed by atoms with E-state index in [1.807, 2.05) is 0 Å². The highest BCUT2D eigenvalue weighted by Crippen LogP contribution is 2.16. The average molecular weight is 336 g/mol. The lowest BCUT2D eigenvalue weighted by Crippen LogP contribution is -2.42. The number of aromatic nitrogens is 4. The maximum absolute atomic E-state index is 12.3. The lowest BCUT2D eigenvalue weighted by atomic mass is 10.3. The number of carboxylic acids is 1. The van der Waals surface area contributed by atoms with Gasteiger partial charge in [-0.2, -0.15) is 9.97 Å². The number of nitrogens with zero attached hydrogens (tertiary/aromatic N) is 5. The molecule has 7 N–H and O–H groups in total. The van der Waals surface area contributed by atoms with Gasteiger partial charge in [-0.15, -0.1) is 0 Å². The van der Waals surface area contributed by atoms with E-state index in [-0.39, 0.29) is 42.6 Å². The van der Waals surface area contributed by atoms with Gasteiger partial charge >= 0.3 is 5.97 Å². The SMILES string of the molecule is NCCN(CC(=O)C(=O)O)C(=O)Cn1cnc2c(N)nc(N)nc21. The topological polar surface area (TPSA) is 196 Å². The summed E-state index contributed by atoms with van der Waals surface area (Å²) >= 11 is 0. The van der Waals surface area contributed by atoms with E-state index in [0.29, 0.717) is 0 Å². The summed E-state index contributed by atoms with van der Waals surface area (Å²) in [5.74, 6) is -3.25. The van der Waals surface area contributed by atoms with E-state index in [9.17, 15) is 14.4 Å². The summed E-state index contributed by atoms with van der Waals surface area (Å²) in [6, 6.07) is 0. The van der Waals surface area contributed by atoms with Gasteiger partial charge in [0, 0.05) is 13.1 Å². The number of carbonyl (C=O) groups is 3. The van der Waals surface area contributed by atoms with Crippen LogP contribution in [0.25, 0.3) is 11.2 Å². The largest absolute Gasteiger partial charge is 0.475 e. The fourth-order valence-corrected chi connectivity index (χ4v) is 2.03. The first-order valence-electron chi connectivity index (χ1n) is 6.81. The summed E-state index contributed by atoms with van der Waals surface area (Å²) < 4.78 is 1.38. The van der Waals surface area contributed by atoms with Crippen molar-refractivity contribution in [2.75, 3.05) is 31.1 Å². The number of Topliss-reactive ketones (excluding diaryl/α,β-unsaturated/α-hetero) is 1. The Morgan fingerprint density at radius 1 is 1.25 bits per heavy atom. The summed E-state index contributed by atoms with van der Waals surface area (Å²) in [6.07, 6.45) is 1.33. The number of imidazole rings is 1. The van der Waals surface area contributed by atoms with Gasteiger partial charge in [-0.3, -0.25) is 9.59 Å². The molecule has 0 radical (unpaired) electrons.